The van der Waals surface area contributed by atoms with Crippen molar-refractivity contribution < 1.29 is 0 Å². The number of nitriles is 1. The Morgan fingerprint density at radius 3 is 2.43 bits per heavy atom. The summed E-state index contributed by atoms with van der Waals surface area (Å²) in [6.07, 6.45) is 4.78. The fourth-order valence-electron chi connectivity index (χ4n) is 1.85. The molecule has 1 saturated heterocycles. The molecule has 80 valence electrons. The topological polar surface area (TPSA) is 39.1 Å². The van der Waals surface area contributed by atoms with Crippen molar-refractivity contribution in [3.63, 3.8) is 0 Å². The third kappa shape index (κ3) is 4.08. The molecule has 1 aliphatic heterocycles. The Bertz CT molecular complexity index is 189. The standard InChI is InChI=1S/C11H21N3/c1-10(2)8-11(9-12)13-14-6-4-3-5-7-14/h10-11,13H,3-8H2,1-2H3/t11-/m0/s1. The fourth-order valence-corrected chi connectivity index (χ4v) is 1.85. The van der Waals surface area contributed by atoms with Gasteiger partial charge in [-0.3, -0.25) is 0 Å². The van der Waals surface area contributed by atoms with Crippen LogP contribution in [0.5, 0.6) is 0 Å². The molecule has 0 aliphatic carbocycles. The van der Waals surface area contributed by atoms with Crippen LogP contribution in [0.1, 0.15) is 39.5 Å². The highest BCUT2D eigenvalue weighted by Gasteiger charge is 2.15. The Kier molecular flexibility index (Phi) is 4.92. The first-order valence-electron chi connectivity index (χ1n) is 5.63. The molecule has 0 bridgehead atoms. The van der Waals surface area contributed by atoms with Gasteiger partial charge in [0.2, 0.25) is 0 Å². The third-order valence-corrected chi connectivity index (χ3v) is 2.56. The molecule has 1 fully saturated rings. The van der Waals surface area contributed by atoms with Gasteiger partial charge in [0.1, 0.15) is 6.04 Å². The van der Waals surface area contributed by atoms with Crippen molar-refractivity contribution in [1.82, 2.24) is 10.4 Å². The molecular formula is C11H21N3. The Morgan fingerprint density at radius 2 is 1.93 bits per heavy atom. The monoisotopic (exact) mass is 195 g/mol. The zero-order chi connectivity index (χ0) is 10.4. The van der Waals surface area contributed by atoms with Gasteiger partial charge in [-0.25, -0.2) is 10.4 Å². The zero-order valence-electron chi connectivity index (χ0n) is 9.29. The number of piperidine rings is 1. The normalized spacial score (nSPS) is 20.7. The Hall–Kier alpha value is -0.590. The van der Waals surface area contributed by atoms with Crippen molar-refractivity contribution >= 4 is 0 Å². The molecule has 0 aromatic heterocycles. The Balaban J connectivity index is 2.28. The van der Waals surface area contributed by atoms with Crippen LogP contribution in [0.3, 0.4) is 0 Å². The van der Waals surface area contributed by atoms with Crippen LogP contribution in [0.4, 0.5) is 0 Å². The molecule has 3 heteroatoms. The van der Waals surface area contributed by atoms with Crippen LogP contribution < -0.4 is 5.43 Å². The number of hydrogen-bond donors (Lipinski definition) is 1. The molecule has 0 unspecified atom stereocenters. The molecule has 0 radical (unpaired) electrons. The SMILES string of the molecule is CC(C)C[C@@H](C#N)NN1CCCCC1. The minimum absolute atomic E-state index is 0.00639. The highest BCUT2D eigenvalue weighted by Crippen LogP contribution is 2.09. The van der Waals surface area contributed by atoms with Crippen LogP contribution in [0.15, 0.2) is 0 Å². The molecule has 0 amide bonds. The van der Waals surface area contributed by atoms with E-state index in [1.54, 1.807) is 0 Å². The average Bonchev–Trinajstić information content (AvgIpc) is 2.17. The molecule has 0 saturated carbocycles. The second-order valence-corrected chi connectivity index (χ2v) is 4.49. The number of rotatable bonds is 4. The molecule has 1 atom stereocenters. The van der Waals surface area contributed by atoms with Crippen LogP contribution in [-0.4, -0.2) is 24.1 Å². The number of hydrogen-bond acceptors (Lipinski definition) is 3. The summed E-state index contributed by atoms with van der Waals surface area (Å²) < 4.78 is 0. The van der Waals surface area contributed by atoms with E-state index >= 15 is 0 Å². The number of hydrazine groups is 1. The summed E-state index contributed by atoms with van der Waals surface area (Å²) in [6, 6.07) is 2.32. The van der Waals surface area contributed by atoms with Gasteiger partial charge in [-0.15, -0.1) is 0 Å². The highest BCUT2D eigenvalue weighted by molar-refractivity contribution is 4.89. The number of nitrogens with zero attached hydrogens (tertiary/aromatic N) is 2. The summed E-state index contributed by atoms with van der Waals surface area (Å²) in [6.45, 7) is 6.50. The lowest BCUT2D eigenvalue weighted by atomic mass is 10.1. The molecule has 0 aromatic carbocycles. The van der Waals surface area contributed by atoms with E-state index in [1.807, 2.05) is 0 Å². The lowest BCUT2D eigenvalue weighted by molar-refractivity contribution is 0.135. The largest absolute Gasteiger partial charge is 0.243 e. The van der Waals surface area contributed by atoms with Crippen molar-refractivity contribution in [3.8, 4) is 6.07 Å². The molecule has 0 aromatic rings. The summed E-state index contributed by atoms with van der Waals surface area (Å²) in [5.74, 6) is 0.581. The molecule has 1 N–H and O–H groups in total. The van der Waals surface area contributed by atoms with E-state index in [4.69, 9.17) is 5.26 Å². The van der Waals surface area contributed by atoms with E-state index in [-0.39, 0.29) is 6.04 Å². The Morgan fingerprint density at radius 1 is 1.29 bits per heavy atom. The number of nitrogens with one attached hydrogen (secondary N) is 1. The van der Waals surface area contributed by atoms with Crippen molar-refractivity contribution in [2.24, 2.45) is 5.92 Å². The molecule has 3 nitrogen and oxygen atoms in total. The summed E-state index contributed by atoms with van der Waals surface area (Å²) in [5, 5.41) is 11.2. The second kappa shape index (κ2) is 6.00. The van der Waals surface area contributed by atoms with Gasteiger partial charge in [-0.05, 0) is 25.2 Å². The van der Waals surface area contributed by atoms with Crippen molar-refractivity contribution in [1.29, 1.82) is 5.26 Å². The second-order valence-electron chi connectivity index (χ2n) is 4.49. The maximum atomic E-state index is 8.97. The van der Waals surface area contributed by atoms with Gasteiger partial charge in [0.25, 0.3) is 0 Å². The van der Waals surface area contributed by atoms with Crippen molar-refractivity contribution in [2.45, 2.75) is 45.6 Å². The molecule has 0 spiro atoms. The fraction of sp³-hybridized carbons (Fsp3) is 0.909. The van der Waals surface area contributed by atoms with Gasteiger partial charge in [0.05, 0.1) is 6.07 Å². The molecule has 1 aliphatic rings. The zero-order valence-corrected chi connectivity index (χ0v) is 9.29. The van der Waals surface area contributed by atoms with E-state index in [0.29, 0.717) is 5.92 Å². The van der Waals surface area contributed by atoms with E-state index < -0.39 is 0 Å². The van der Waals surface area contributed by atoms with Crippen LogP contribution >= 0.6 is 0 Å². The lowest BCUT2D eigenvalue weighted by Crippen LogP contribution is -2.47. The van der Waals surface area contributed by atoms with Crippen LogP contribution in [-0.2, 0) is 0 Å². The predicted molar refractivity (Wildman–Crippen MR) is 57.4 cm³/mol. The first-order valence-corrected chi connectivity index (χ1v) is 5.63. The minimum atomic E-state index is -0.00639. The minimum Gasteiger partial charge on any atom is -0.243 e. The first-order chi connectivity index (χ1) is 6.72. The molecule has 1 heterocycles. The maximum Gasteiger partial charge on any atom is 0.108 e. The Labute approximate surface area is 87.1 Å². The highest BCUT2D eigenvalue weighted by atomic mass is 15.5. The summed E-state index contributed by atoms with van der Waals surface area (Å²) in [7, 11) is 0. The summed E-state index contributed by atoms with van der Waals surface area (Å²) in [5.41, 5.74) is 3.31. The maximum absolute atomic E-state index is 8.97. The van der Waals surface area contributed by atoms with E-state index in [9.17, 15) is 0 Å². The summed E-state index contributed by atoms with van der Waals surface area (Å²) in [4.78, 5) is 0. The molecule has 14 heavy (non-hydrogen) atoms. The summed E-state index contributed by atoms with van der Waals surface area (Å²) >= 11 is 0. The van der Waals surface area contributed by atoms with E-state index in [0.717, 1.165) is 19.5 Å². The van der Waals surface area contributed by atoms with Crippen LogP contribution in [0.2, 0.25) is 0 Å². The van der Waals surface area contributed by atoms with Crippen molar-refractivity contribution in [3.05, 3.63) is 0 Å². The van der Waals surface area contributed by atoms with E-state index in [2.05, 4.69) is 30.4 Å². The van der Waals surface area contributed by atoms with Gasteiger partial charge in [-0.1, -0.05) is 20.3 Å². The van der Waals surface area contributed by atoms with Gasteiger partial charge in [-0.2, -0.15) is 5.26 Å². The average molecular weight is 195 g/mol. The first kappa shape index (κ1) is 11.5. The van der Waals surface area contributed by atoms with Crippen LogP contribution in [0, 0.1) is 17.2 Å². The van der Waals surface area contributed by atoms with Crippen molar-refractivity contribution in [2.75, 3.05) is 13.1 Å². The quantitative estimate of drug-likeness (QED) is 0.745. The molecular weight excluding hydrogens is 174 g/mol. The lowest BCUT2D eigenvalue weighted by Gasteiger charge is -2.29. The molecule has 1 rings (SSSR count). The van der Waals surface area contributed by atoms with Gasteiger partial charge >= 0.3 is 0 Å². The smallest absolute Gasteiger partial charge is 0.108 e. The van der Waals surface area contributed by atoms with Gasteiger partial charge < -0.3 is 0 Å². The van der Waals surface area contributed by atoms with E-state index in [1.165, 1.54) is 19.3 Å². The van der Waals surface area contributed by atoms with Crippen LogP contribution in [0.25, 0.3) is 0 Å². The van der Waals surface area contributed by atoms with Gasteiger partial charge in [0, 0.05) is 13.1 Å². The third-order valence-electron chi connectivity index (χ3n) is 2.56. The predicted octanol–water partition coefficient (Wildman–Crippen LogP) is 1.92. The van der Waals surface area contributed by atoms with Gasteiger partial charge in [0.15, 0.2) is 0 Å².